The Morgan fingerprint density at radius 3 is 2.65 bits per heavy atom. The molecule has 0 bridgehead atoms. The van der Waals surface area contributed by atoms with Crippen LogP contribution in [0.4, 0.5) is 15.0 Å². The lowest BCUT2D eigenvalue weighted by Gasteiger charge is -2.28. The Morgan fingerprint density at radius 1 is 1.15 bits per heavy atom. The Kier molecular flexibility index (Phi) is 6.70. The minimum Gasteiger partial charge on any atom is -0.353 e. The number of hydrogen-bond acceptors (Lipinski definition) is 7. The number of amides is 3. The lowest BCUT2D eigenvalue weighted by molar-refractivity contribution is -0.139. The van der Waals surface area contributed by atoms with Crippen LogP contribution in [0, 0.1) is 11.2 Å². The van der Waals surface area contributed by atoms with Gasteiger partial charge >= 0.3 is 0 Å². The van der Waals surface area contributed by atoms with Gasteiger partial charge in [-0.2, -0.15) is 0 Å². The number of aromatic nitrogens is 2. The molecule has 2 aromatic rings. The second kappa shape index (κ2) is 9.54. The van der Waals surface area contributed by atoms with E-state index in [9.17, 15) is 18.8 Å². The fourth-order valence-electron chi connectivity index (χ4n) is 3.86. The molecule has 1 N–H and O–H groups in total. The minimum atomic E-state index is -0.470. The van der Waals surface area contributed by atoms with Gasteiger partial charge in [-0.3, -0.25) is 24.7 Å². The van der Waals surface area contributed by atoms with Crippen LogP contribution in [0.1, 0.15) is 32.8 Å². The number of rotatable bonds is 3. The van der Waals surface area contributed by atoms with Gasteiger partial charge in [0.05, 0.1) is 23.0 Å². The average molecular weight is 484 g/mol. The number of hydrogen-bond donors (Lipinski definition) is 1. The highest BCUT2D eigenvalue weighted by Crippen LogP contribution is 2.29. The van der Waals surface area contributed by atoms with Gasteiger partial charge in [0.25, 0.3) is 11.1 Å². The fraction of sp³-hybridized carbons (Fsp3) is 0.375. The summed E-state index contributed by atoms with van der Waals surface area (Å²) in [5.74, 6) is -0.200. The van der Waals surface area contributed by atoms with E-state index in [1.165, 1.54) is 18.3 Å². The summed E-state index contributed by atoms with van der Waals surface area (Å²) in [6, 6.07) is 4.42. The van der Waals surface area contributed by atoms with Gasteiger partial charge in [-0.25, -0.2) is 9.37 Å². The van der Waals surface area contributed by atoms with E-state index in [1.807, 2.05) is 25.7 Å². The van der Waals surface area contributed by atoms with Gasteiger partial charge in [0.1, 0.15) is 11.6 Å². The molecule has 2 fully saturated rings. The van der Waals surface area contributed by atoms with Crippen LogP contribution in [0.15, 0.2) is 35.5 Å². The van der Waals surface area contributed by atoms with Crippen LogP contribution in [0.25, 0.3) is 17.3 Å². The van der Waals surface area contributed by atoms with Crippen LogP contribution in [0.2, 0.25) is 0 Å². The zero-order valence-electron chi connectivity index (χ0n) is 19.3. The first kappa shape index (κ1) is 23.9. The summed E-state index contributed by atoms with van der Waals surface area (Å²) in [5.41, 5.74) is 0.749. The molecule has 1 aromatic carbocycles. The average Bonchev–Trinajstić information content (AvgIpc) is 2.97. The van der Waals surface area contributed by atoms with Gasteiger partial charge in [0, 0.05) is 37.2 Å². The Balaban J connectivity index is 1.56. The third-order valence-electron chi connectivity index (χ3n) is 5.58. The monoisotopic (exact) mass is 483 g/mol. The van der Waals surface area contributed by atoms with Gasteiger partial charge in [-0.05, 0) is 42.0 Å². The summed E-state index contributed by atoms with van der Waals surface area (Å²) < 4.78 is 14.7. The lowest BCUT2D eigenvalue weighted by atomic mass is 9.94. The van der Waals surface area contributed by atoms with Gasteiger partial charge < -0.3 is 9.80 Å². The quantitative estimate of drug-likeness (QED) is 0.665. The van der Waals surface area contributed by atoms with Gasteiger partial charge in [0.15, 0.2) is 0 Å². The van der Waals surface area contributed by atoms with Crippen LogP contribution in [0.3, 0.4) is 0 Å². The Bertz CT molecular complexity index is 1180. The summed E-state index contributed by atoms with van der Waals surface area (Å²) in [6.07, 6.45) is 5.47. The van der Waals surface area contributed by atoms with Crippen molar-refractivity contribution in [2.24, 2.45) is 5.41 Å². The molecule has 2 aliphatic rings. The molecule has 2 saturated heterocycles. The molecule has 0 unspecified atom stereocenters. The maximum atomic E-state index is 14.7. The van der Waals surface area contributed by atoms with Crippen molar-refractivity contribution in [3.8, 4) is 11.3 Å². The Labute approximate surface area is 201 Å². The minimum absolute atomic E-state index is 0.123. The predicted octanol–water partition coefficient (Wildman–Crippen LogP) is 3.69. The zero-order chi connectivity index (χ0) is 24.5. The number of nitrogens with zero attached hydrogens (tertiary/aromatic N) is 4. The molecular formula is C24H26FN5O3S. The third kappa shape index (κ3) is 5.27. The van der Waals surface area contributed by atoms with E-state index in [0.29, 0.717) is 43.3 Å². The second-order valence-corrected chi connectivity index (χ2v) is 10.3. The molecule has 0 saturated carbocycles. The van der Waals surface area contributed by atoms with Crippen molar-refractivity contribution < 1.29 is 18.8 Å². The molecule has 8 nitrogen and oxygen atoms in total. The van der Waals surface area contributed by atoms with E-state index in [2.05, 4.69) is 20.2 Å². The zero-order valence-corrected chi connectivity index (χ0v) is 20.1. The van der Waals surface area contributed by atoms with Crippen molar-refractivity contribution in [2.45, 2.75) is 27.2 Å². The first-order valence-corrected chi connectivity index (χ1v) is 11.8. The molecular weight excluding hydrogens is 457 g/mol. The second-order valence-electron chi connectivity index (χ2n) is 9.24. The van der Waals surface area contributed by atoms with Gasteiger partial charge in [-0.1, -0.05) is 26.8 Å². The molecule has 3 heterocycles. The molecule has 34 heavy (non-hydrogen) atoms. The number of imide groups is 1. The van der Waals surface area contributed by atoms with Crippen LogP contribution in [0.5, 0.6) is 0 Å². The van der Waals surface area contributed by atoms with Crippen molar-refractivity contribution in [3.63, 3.8) is 0 Å². The van der Waals surface area contributed by atoms with Crippen LogP contribution in [-0.2, 0) is 9.59 Å². The van der Waals surface area contributed by atoms with Crippen molar-refractivity contribution in [2.75, 3.05) is 31.1 Å². The fourth-order valence-corrected chi connectivity index (χ4v) is 4.55. The van der Waals surface area contributed by atoms with Crippen molar-refractivity contribution in [1.29, 1.82) is 0 Å². The molecule has 178 valence electrons. The number of carbonyl (C=O) groups excluding carboxylic acids is 3. The molecule has 2 aliphatic heterocycles. The Hall–Kier alpha value is -3.27. The van der Waals surface area contributed by atoms with Gasteiger partial charge in [0.2, 0.25) is 5.91 Å². The number of carbonyl (C=O) groups is 3. The molecule has 10 heteroatoms. The molecule has 1 aromatic heterocycles. The normalized spacial score (nSPS) is 18.3. The summed E-state index contributed by atoms with van der Waals surface area (Å²) in [7, 11) is 0. The molecule has 0 atom stereocenters. The number of halogens is 1. The molecule has 4 rings (SSSR count). The molecule has 0 aliphatic carbocycles. The highest BCUT2D eigenvalue weighted by molar-refractivity contribution is 8.18. The highest BCUT2D eigenvalue weighted by Gasteiger charge is 2.29. The first-order chi connectivity index (χ1) is 16.1. The van der Waals surface area contributed by atoms with Crippen LogP contribution >= 0.6 is 11.8 Å². The molecule has 0 radical (unpaired) electrons. The van der Waals surface area contributed by atoms with Crippen LogP contribution < -0.4 is 10.2 Å². The largest absolute Gasteiger partial charge is 0.353 e. The Morgan fingerprint density at radius 2 is 1.94 bits per heavy atom. The topological polar surface area (TPSA) is 95.5 Å². The summed E-state index contributed by atoms with van der Waals surface area (Å²) in [6.45, 7) is 8.33. The summed E-state index contributed by atoms with van der Waals surface area (Å²) >= 11 is 0.806. The maximum absolute atomic E-state index is 14.7. The van der Waals surface area contributed by atoms with Crippen LogP contribution in [-0.4, -0.2) is 58.1 Å². The molecule has 3 amide bonds. The molecule has 0 spiro atoms. The van der Waals surface area contributed by atoms with E-state index in [1.54, 1.807) is 18.3 Å². The number of anilines is 1. The van der Waals surface area contributed by atoms with E-state index in [0.717, 1.165) is 18.2 Å². The van der Waals surface area contributed by atoms with E-state index < -0.39 is 22.4 Å². The van der Waals surface area contributed by atoms with Crippen molar-refractivity contribution in [1.82, 2.24) is 20.2 Å². The highest BCUT2D eigenvalue weighted by atomic mass is 32.2. The predicted molar refractivity (Wildman–Crippen MR) is 129 cm³/mol. The van der Waals surface area contributed by atoms with E-state index in [-0.39, 0.29) is 16.4 Å². The maximum Gasteiger partial charge on any atom is 0.290 e. The third-order valence-corrected chi connectivity index (χ3v) is 6.39. The summed E-state index contributed by atoms with van der Waals surface area (Å²) in [5, 5.41) is 1.77. The van der Waals surface area contributed by atoms with Gasteiger partial charge in [-0.15, -0.1) is 0 Å². The first-order valence-electron chi connectivity index (χ1n) is 11.0. The standard InChI is InChI=1S/C24H26FN5O3S/c1-24(2,3)22(32)30-8-4-7-29(9-10-30)20-14-26-13-18(27-20)16-11-15(5-6-17(16)25)12-19-21(31)28-23(33)34-19/h5-6,11-14H,4,7-10H2,1-3H3,(H,28,31,33)/b19-12-. The van der Waals surface area contributed by atoms with Crippen molar-refractivity contribution in [3.05, 3.63) is 46.9 Å². The van der Waals surface area contributed by atoms with E-state index >= 15 is 0 Å². The lowest BCUT2D eigenvalue weighted by Crippen LogP contribution is -2.41. The van der Waals surface area contributed by atoms with E-state index in [4.69, 9.17) is 0 Å². The number of benzene rings is 1. The summed E-state index contributed by atoms with van der Waals surface area (Å²) in [4.78, 5) is 49.0. The SMILES string of the molecule is CC(C)(C)C(=O)N1CCCN(c2cncc(-c3cc(/C=C4\SC(=O)NC4=O)ccc3F)n2)CC1. The van der Waals surface area contributed by atoms with Crippen molar-refractivity contribution >= 4 is 40.7 Å². The number of nitrogens with one attached hydrogen (secondary N) is 1. The number of thioether (sulfide) groups is 1. The smallest absolute Gasteiger partial charge is 0.290 e.